The van der Waals surface area contributed by atoms with Gasteiger partial charge in [0.2, 0.25) is 0 Å². The molecule has 2 fully saturated rings. The van der Waals surface area contributed by atoms with Crippen molar-refractivity contribution < 1.29 is 4.39 Å². The second kappa shape index (κ2) is 6.85. The number of halogens is 1. The minimum atomic E-state index is -0.584. The minimum Gasteiger partial charge on any atom is -0.304 e. The summed E-state index contributed by atoms with van der Waals surface area (Å²) in [6, 6.07) is 0. The monoisotopic (exact) mass is 256 g/mol. The molecule has 2 nitrogen and oxygen atoms in total. The Morgan fingerprint density at radius 3 is 2.22 bits per heavy atom. The minimum absolute atomic E-state index is 0.322. The van der Waals surface area contributed by atoms with E-state index in [9.17, 15) is 4.39 Å². The fraction of sp³-hybridized carbons (Fsp3) is 1.00. The van der Waals surface area contributed by atoms with Crippen LogP contribution in [-0.4, -0.2) is 55.2 Å². The quantitative estimate of drug-likeness (QED) is 0.763. The highest BCUT2D eigenvalue weighted by molar-refractivity contribution is 4.82. The fourth-order valence-electron chi connectivity index (χ4n) is 3.49. The van der Waals surface area contributed by atoms with Gasteiger partial charge in [0.15, 0.2) is 0 Å². The van der Waals surface area contributed by atoms with E-state index in [1.165, 1.54) is 32.5 Å². The maximum atomic E-state index is 13.9. The molecule has 0 N–H and O–H groups in total. The molecule has 0 radical (unpaired) electrons. The molecule has 0 amide bonds. The molecular weight excluding hydrogens is 227 g/mol. The van der Waals surface area contributed by atoms with E-state index < -0.39 is 6.17 Å². The van der Waals surface area contributed by atoms with Crippen LogP contribution in [0.3, 0.4) is 0 Å². The van der Waals surface area contributed by atoms with Crippen molar-refractivity contribution in [3.63, 3.8) is 0 Å². The first kappa shape index (κ1) is 14.3. The second-order valence-electron chi connectivity index (χ2n) is 6.11. The van der Waals surface area contributed by atoms with Crippen molar-refractivity contribution in [3.05, 3.63) is 0 Å². The van der Waals surface area contributed by atoms with Crippen LogP contribution in [0.25, 0.3) is 0 Å². The molecule has 0 bridgehead atoms. The van der Waals surface area contributed by atoms with Gasteiger partial charge in [-0.15, -0.1) is 0 Å². The van der Waals surface area contributed by atoms with E-state index in [-0.39, 0.29) is 0 Å². The Kier molecular flexibility index (Phi) is 5.43. The largest absolute Gasteiger partial charge is 0.304 e. The summed E-state index contributed by atoms with van der Waals surface area (Å²) in [4.78, 5) is 4.90. The molecule has 2 unspecified atom stereocenters. The van der Waals surface area contributed by atoms with Crippen molar-refractivity contribution in [2.45, 2.75) is 45.7 Å². The molecule has 0 aromatic carbocycles. The lowest BCUT2D eigenvalue weighted by atomic mass is 9.90. The van der Waals surface area contributed by atoms with E-state index in [4.69, 9.17) is 0 Å². The molecule has 2 saturated heterocycles. The summed E-state index contributed by atoms with van der Waals surface area (Å²) in [6.45, 7) is 11.0. The number of hydrogen-bond acceptors (Lipinski definition) is 2. The van der Waals surface area contributed by atoms with Gasteiger partial charge in [-0.3, -0.25) is 0 Å². The van der Waals surface area contributed by atoms with Crippen molar-refractivity contribution >= 4 is 0 Å². The van der Waals surface area contributed by atoms with Gasteiger partial charge < -0.3 is 9.80 Å². The summed E-state index contributed by atoms with van der Waals surface area (Å²) < 4.78 is 13.9. The highest BCUT2D eigenvalue weighted by atomic mass is 19.1. The lowest BCUT2D eigenvalue weighted by molar-refractivity contribution is 0.0609. The summed E-state index contributed by atoms with van der Waals surface area (Å²) in [5.41, 5.74) is 0. The van der Waals surface area contributed by atoms with Crippen molar-refractivity contribution in [2.24, 2.45) is 11.8 Å². The van der Waals surface area contributed by atoms with E-state index in [2.05, 4.69) is 23.6 Å². The molecule has 0 saturated carbocycles. The van der Waals surface area contributed by atoms with Crippen molar-refractivity contribution in [1.82, 2.24) is 9.80 Å². The normalized spacial score (nSPS) is 32.8. The van der Waals surface area contributed by atoms with Crippen LogP contribution >= 0.6 is 0 Å². The Balaban J connectivity index is 1.71. The summed E-state index contributed by atoms with van der Waals surface area (Å²) >= 11 is 0. The fourth-order valence-corrected chi connectivity index (χ4v) is 3.49. The lowest BCUT2D eigenvalue weighted by Gasteiger charge is -2.38. The van der Waals surface area contributed by atoms with Gasteiger partial charge in [0.1, 0.15) is 6.17 Å². The van der Waals surface area contributed by atoms with Crippen LogP contribution in [0, 0.1) is 11.8 Å². The molecule has 18 heavy (non-hydrogen) atoms. The number of alkyl halides is 1. The molecular formula is C15H29FN2. The predicted octanol–water partition coefficient (Wildman–Crippen LogP) is 2.79. The van der Waals surface area contributed by atoms with E-state index >= 15 is 0 Å². The van der Waals surface area contributed by atoms with Gasteiger partial charge in [0, 0.05) is 13.1 Å². The van der Waals surface area contributed by atoms with Gasteiger partial charge in [0.25, 0.3) is 0 Å². The summed E-state index contributed by atoms with van der Waals surface area (Å²) in [5.74, 6) is 1.13. The Hall–Kier alpha value is -0.150. The van der Waals surface area contributed by atoms with Crippen LogP contribution in [0.2, 0.25) is 0 Å². The standard InChI is InChI=1S/C15H29FN2/c1-3-14-7-10-18(12-15(14)16)11-13-5-8-17(4-2)9-6-13/h13-15H,3-12H2,1-2H3. The van der Waals surface area contributed by atoms with Crippen LogP contribution in [0.15, 0.2) is 0 Å². The zero-order valence-corrected chi connectivity index (χ0v) is 12.1. The Morgan fingerprint density at radius 2 is 1.67 bits per heavy atom. The van der Waals surface area contributed by atoms with E-state index in [1.807, 2.05) is 0 Å². The average molecular weight is 256 g/mol. The van der Waals surface area contributed by atoms with Gasteiger partial charge in [-0.1, -0.05) is 20.3 Å². The lowest BCUT2D eigenvalue weighted by Crippen LogP contribution is -2.45. The SMILES string of the molecule is CCC1CCN(CC2CCN(CC)CC2)CC1F. The summed E-state index contributed by atoms with van der Waals surface area (Å²) in [7, 11) is 0. The molecule has 0 spiro atoms. The molecule has 0 aromatic heterocycles. The molecule has 0 aliphatic carbocycles. The number of likely N-dealkylation sites (tertiary alicyclic amines) is 2. The molecule has 2 atom stereocenters. The van der Waals surface area contributed by atoms with Crippen LogP contribution in [0.4, 0.5) is 4.39 Å². The molecule has 2 aliphatic heterocycles. The molecule has 106 valence electrons. The first-order chi connectivity index (χ1) is 8.72. The maximum Gasteiger partial charge on any atom is 0.116 e. The van der Waals surface area contributed by atoms with Crippen LogP contribution in [0.5, 0.6) is 0 Å². The second-order valence-corrected chi connectivity index (χ2v) is 6.11. The van der Waals surface area contributed by atoms with Gasteiger partial charge in [-0.05, 0) is 57.3 Å². The van der Waals surface area contributed by atoms with Crippen LogP contribution in [-0.2, 0) is 0 Å². The number of nitrogens with zero attached hydrogens (tertiary/aromatic N) is 2. The predicted molar refractivity (Wildman–Crippen MR) is 74.6 cm³/mol. The topological polar surface area (TPSA) is 6.48 Å². The Bertz CT molecular complexity index is 239. The molecule has 0 aromatic rings. The van der Waals surface area contributed by atoms with Crippen LogP contribution in [0.1, 0.15) is 39.5 Å². The summed E-state index contributed by atoms with van der Waals surface area (Å²) in [6.07, 6.45) is 4.09. The molecule has 2 rings (SSSR count). The molecule has 2 heterocycles. The van der Waals surface area contributed by atoms with Gasteiger partial charge in [0.05, 0.1) is 0 Å². The number of piperidine rings is 2. The van der Waals surface area contributed by atoms with E-state index in [1.54, 1.807) is 0 Å². The number of rotatable bonds is 4. The van der Waals surface area contributed by atoms with E-state index in [0.29, 0.717) is 12.5 Å². The smallest absolute Gasteiger partial charge is 0.116 e. The first-order valence-corrected chi connectivity index (χ1v) is 7.81. The van der Waals surface area contributed by atoms with E-state index in [0.717, 1.165) is 31.8 Å². The third kappa shape index (κ3) is 3.67. The first-order valence-electron chi connectivity index (χ1n) is 7.81. The summed E-state index contributed by atoms with van der Waals surface area (Å²) in [5, 5.41) is 0. The molecule has 2 aliphatic rings. The third-order valence-electron chi connectivity index (χ3n) is 4.96. The zero-order valence-electron chi connectivity index (χ0n) is 12.1. The molecule has 3 heteroatoms. The van der Waals surface area contributed by atoms with Crippen molar-refractivity contribution in [1.29, 1.82) is 0 Å². The number of hydrogen-bond donors (Lipinski definition) is 0. The third-order valence-corrected chi connectivity index (χ3v) is 4.96. The zero-order chi connectivity index (χ0) is 13.0. The highest BCUT2D eigenvalue weighted by Crippen LogP contribution is 2.25. The van der Waals surface area contributed by atoms with Gasteiger partial charge in [-0.2, -0.15) is 0 Å². The van der Waals surface area contributed by atoms with Gasteiger partial charge >= 0.3 is 0 Å². The van der Waals surface area contributed by atoms with Crippen molar-refractivity contribution in [2.75, 3.05) is 39.3 Å². The Labute approximate surface area is 112 Å². The average Bonchev–Trinajstić information content (AvgIpc) is 2.40. The highest BCUT2D eigenvalue weighted by Gasteiger charge is 2.29. The van der Waals surface area contributed by atoms with Crippen LogP contribution < -0.4 is 0 Å². The Morgan fingerprint density at radius 1 is 1.00 bits per heavy atom. The van der Waals surface area contributed by atoms with Crippen molar-refractivity contribution in [3.8, 4) is 0 Å². The van der Waals surface area contributed by atoms with Gasteiger partial charge in [-0.25, -0.2) is 4.39 Å². The maximum absolute atomic E-state index is 13.9.